The zero-order valence-electron chi connectivity index (χ0n) is 16.1. The van der Waals surface area contributed by atoms with Crippen molar-refractivity contribution in [3.8, 4) is 0 Å². The average molecular weight is 399 g/mol. The van der Waals surface area contributed by atoms with Gasteiger partial charge in [-0.15, -0.1) is 0 Å². The van der Waals surface area contributed by atoms with Crippen molar-refractivity contribution in [1.82, 2.24) is 9.88 Å². The Kier molecular flexibility index (Phi) is 6.01. The second kappa shape index (κ2) is 8.82. The molecule has 0 saturated carbocycles. The van der Waals surface area contributed by atoms with Gasteiger partial charge in [-0.1, -0.05) is 24.4 Å². The molecule has 1 atom stereocenters. The molecule has 2 amide bonds. The molecule has 2 aliphatic heterocycles. The Hall–Kier alpha value is -2.27. The number of benzene rings is 1. The number of halogens is 1. The van der Waals surface area contributed by atoms with Gasteiger partial charge in [-0.2, -0.15) is 0 Å². The molecule has 2 aromatic rings. The summed E-state index contributed by atoms with van der Waals surface area (Å²) in [7, 11) is 0. The summed E-state index contributed by atoms with van der Waals surface area (Å²) < 4.78 is 0. The van der Waals surface area contributed by atoms with Gasteiger partial charge in [0.25, 0.3) is 0 Å². The van der Waals surface area contributed by atoms with Crippen molar-refractivity contribution in [3.05, 3.63) is 53.3 Å². The number of anilines is 2. The fourth-order valence-electron chi connectivity index (χ4n) is 4.31. The van der Waals surface area contributed by atoms with E-state index in [4.69, 9.17) is 11.6 Å². The Balaban J connectivity index is 1.58. The maximum atomic E-state index is 13.3. The van der Waals surface area contributed by atoms with Crippen LogP contribution in [0.25, 0.3) is 0 Å². The highest BCUT2D eigenvalue weighted by molar-refractivity contribution is 6.31. The van der Waals surface area contributed by atoms with Crippen molar-refractivity contribution in [3.63, 3.8) is 0 Å². The predicted molar refractivity (Wildman–Crippen MR) is 114 cm³/mol. The lowest BCUT2D eigenvalue weighted by atomic mass is 10.0. The first kappa shape index (κ1) is 19.1. The molecule has 28 heavy (non-hydrogen) atoms. The maximum Gasteiger partial charge on any atom is 0.322 e. The summed E-state index contributed by atoms with van der Waals surface area (Å²) in [5.74, 6) is 0. The third-order valence-electron chi connectivity index (χ3n) is 5.75. The standard InChI is InChI=1S/C22H27ClN4O/c23-18-7-8-21(26-13-4-5-14-26)19(16-18)25-22(28)27-15-3-1-2-6-20(27)17-9-11-24-12-10-17/h7-12,16,20H,1-6,13-15H2,(H,25,28)/t20-/m1/s1. The van der Waals surface area contributed by atoms with E-state index in [1.54, 1.807) is 12.4 Å². The van der Waals surface area contributed by atoms with Gasteiger partial charge < -0.3 is 15.1 Å². The van der Waals surface area contributed by atoms with Crippen LogP contribution in [-0.2, 0) is 0 Å². The zero-order chi connectivity index (χ0) is 19.3. The average Bonchev–Trinajstić information content (AvgIpc) is 3.12. The molecule has 2 fully saturated rings. The van der Waals surface area contributed by atoms with E-state index in [2.05, 4.69) is 15.2 Å². The number of rotatable bonds is 3. The summed E-state index contributed by atoms with van der Waals surface area (Å²) in [6.45, 7) is 2.81. The van der Waals surface area contributed by atoms with Gasteiger partial charge in [0, 0.05) is 37.1 Å². The minimum absolute atomic E-state index is 0.0496. The number of carbonyl (C=O) groups is 1. The number of aromatic nitrogens is 1. The molecule has 0 radical (unpaired) electrons. The lowest BCUT2D eigenvalue weighted by Crippen LogP contribution is -2.38. The van der Waals surface area contributed by atoms with E-state index in [-0.39, 0.29) is 12.1 Å². The molecule has 1 N–H and O–H groups in total. The van der Waals surface area contributed by atoms with Gasteiger partial charge in [0.2, 0.25) is 0 Å². The van der Waals surface area contributed by atoms with Gasteiger partial charge in [0.05, 0.1) is 17.4 Å². The van der Waals surface area contributed by atoms with E-state index in [1.165, 1.54) is 12.8 Å². The predicted octanol–water partition coefficient (Wildman–Crippen LogP) is 5.48. The molecule has 0 unspecified atom stereocenters. The Morgan fingerprint density at radius 1 is 1.00 bits per heavy atom. The molecule has 4 rings (SSSR count). The lowest BCUT2D eigenvalue weighted by Gasteiger charge is -2.31. The van der Waals surface area contributed by atoms with Crippen molar-refractivity contribution < 1.29 is 4.79 Å². The normalized spacial score (nSPS) is 20.1. The fourth-order valence-corrected chi connectivity index (χ4v) is 4.48. The highest BCUT2D eigenvalue weighted by Crippen LogP contribution is 2.34. The largest absolute Gasteiger partial charge is 0.370 e. The van der Waals surface area contributed by atoms with Crippen LogP contribution in [0, 0.1) is 0 Å². The molecular formula is C22H27ClN4O. The van der Waals surface area contributed by atoms with Crippen LogP contribution in [0.15, 0.2) is 42.7 Å². The van der Waals surface area contributed by atoms with Crippen LogP contribution in [0.2, 0.25) is 5.02 Å². The molecule has 0 aliphatic carbocycles. The first-order valence-corrected chi connectivity index (χ1v) is 10.6. The third-order valence-corrected chi connectivity index (χ3v) is 5.99. The molecule has 2 saturated heterocycles. The summed E-state index contributed by atoms with van der Waals surface area (Å²) in [5.41, 5.74) is 3.01. The molecule has 6 heteroatoms. The fraction of sp³-hybridized carbons (Fsp3) is 0.455. The summed E-state index contributed by atoms with van der Waals surface area (Å²) in [4.78, 5) is 21.8. The minimum atomic E-state index is -0.0496. The molecule has 0 spiro atoms. The van der Waals surface area contributed by atoms with E-state index in [1.807, 2.05) is 35.2 Å². The molecule has 3 heterocycles. The first-order chi connectivity index (χ1) is 13.7. The number of hydrogen-bond donors (Lipinski definition) is 1. The topological polar surface area (TPSA) is 48.5 Å². The second-order valence-corrected chi connectivity index (χ2v) is 8.06. The van der Waals surface area contributed by atoms with Crippen LogP contribution in [0.5, 0.6) is 0 Å². The number of nitrogens with one attached hydrogen (secondary N) is 1. The van der Waals surface area contributed by atoms with Gasteiger partial charge in [-0.3, -0.25) is 4.98 Å². The van der Waals surface area contributed by atoms with Crippen molar-refractivity contribution in [2.45, 2.75) is 44.6 Å². The van der Waals surface area contributed by atoms with Crippen molar-refractivity contribution in [1.29, 1.82) is 0 Å². The number of hydrogen-bond acceptors (Lipinski definition) is 3. The van der Waals surface area contributed by atoms with Crippen LogP contribution in [-0.4, -0.2) is 35.5 Å². The number of nitrogens with zero attached hydrogens (tertiary/aromatic N) is 3. The number of urea groups is 1. The maximum absolute atomic E-state index is 13.3. The van der Waals surface area contributed by atoms with Gasteiger partial charge in [-0.05, 0) is 61.6 Å². The number of pyridine rings is 1. The highest BCUT2D eigenvalue weighted by Gasteiger charge is 2.28. The third kappa shape index (κ3) is 4.25. The SMILES string of the molecule is O=C(Nc1cc(Cl)ccc1N1CCCC1)N1CCCCC[C@@H]1c1ccncc1. The van der Waals surface area contributed by atoms with Crippen LogP contribution >= 0.6 is 11.6 Å². The van der Waals surface area contributed by atoms with Crippen LogP contribution in [0.1, 0.15) is 50.1 Å². The number of likely N-dealkylation sites (tertiary alicyclic amines) is 1. The molecule has 2 aliphatic rings. The summed E-state index contributed by atoms with van der Waals surface area (Å²) in [5, 5.41) is 3.81. The molecule has 0 bridgehead atoms. The van der Waals surface area contributed by atoms with Crippen molar-refractivity contribution in [2.24, 2.45) is 0 Å². The number of amides is 2. The molecule has 1 aromatic carbocycles. The molecular weight excluding hydrogens is 372 g/mol. The monoisotopic (exact) mass is 398 g/mol. The number of carbonyl (C=O) groups excluding carboxylic acids is 1. The van der Waals surface area contributed by atoms with E-state index in [9.17, 15) is 4.79 Å². The molecule has 5 nitrogen and oxygen atoms in total. The van der Waals surface area contributed by atoms with Crippen molar-refractivity contribution >= 4 is 29.0 Å². The Morgan fingerprint density at radius 3 is 2.54 bits per heavy atom. The second-order valence-electron chi connectivity index (χ2n) is 7.62. The van der Waals surface area contributed by atoms with Gasteiger partial charge in [0.1, 0.15) is 0 Å². The zero-order valence-corrected chi connectivity index (χ0v) is 16.9. The van der Waals surface area contributed by atoms with E-state index in [0.717, 1.165) is 62.3 Å². The minimum Gasteiger partial charge on any atom is -0.370 e. The summed E-state index contributed by atoms with van der Waals surface area (Å²) in [6.07, 6.45) is 10.3. The van der Waals surface area contributed by atoms with Crippen LogP contribution < -0.4 is 10.2 Å². The summed E-state index contributed by atoms with van der Waals surface area (Å²) >= 11 is 6.25. The quantitative estimate of drug-likeness (QED) is 0.744. The smallest absolute Gasteiger partial charge is 0.322 e. The summed E-state index contributed by atoms with van der Waals surface area (Å²) in [6, 6.07) is 9.86. The van der Waals surface area contributed by atoms with Gasteiger partial charge in [0.15, 0.2) is 0 Å². The van der Waals surface area contributed by atoms with E-state index in [0.29, 0.717) is 5.02 Å². The van der Waals surface area contributed by atoms with Crippen LogP contribution in [0.3, 0.4) is 0 Å². The first-order valence-electron chi connectivity index (χ1n) is 10.2. The lowest BCUT2D eigenvalue weighted by molar-refractivity contribution is 0.189. The van der Waals surface area contributed by atoms with Crippen molar-refractivity contribution in [2.75, 3.05) is 29.9 Å². The highest BCUT2D eigenvalue weighted by atomic mass is 35.5. The van der Waals surface area contributed by atoms with Gasteiger partial charge in [-0.25, -0.2) is 4.79 Å². The Morgan fingerprint density at radius 2 is 1.75 bits per heavy atom. The molecule has 148 valence electrons. The van der Waals surface area contributed by atoms with E-state index < -0.39 is 0 Å². The van der Waals surface area contributed by atoms with Crippen LogP contribution in [0.4, 0.5) is 16.2 Å². The molecule has 1 aromatic heterocycles. The Labute approximate surface area is 171 Å². The van der Waals surface area contributed by atoms with Gasteiger partial charge >= 0.3 is 6.03 Å². The Bertz CT molecular complexity index is 807. The van der Waals surface area contributed by atoms with E-state index >= 15 is 0 Å².